The van der Waals surface area contributed by atoms with Crippen LogP contribution < -0.4 is 4.90 Å². The maximum Gasteiger partial charge on any atom is 0.232 e. The number of hydrogen-bond acceptors (Lipinski definition) is 5. The quantitative estimate of drug-likeness (QED) is 0.565. The van der Waals surface area contributed by atoms with Crippen molar-refractivity contribution in [1.29, 1.82) is 0 Å². The third-order valence-electron chi connectivity index (χ3n) is 4.21. The number of benzene rings is 1. The fourth-order valence-electron chi connectivity index (χ4n) is 2.91. The van der Waals surface area contributed by atoms with Crippen LogP contribution in [-0.2, 0) is 4.74 Å². The Kier molecular flexibility index (Phi) is 6.15. The van der Waals surface area contributed by atoms with Gasteiger partial charge in [0.15, 0.2) is 5.16 Å². The molecule has 1 saturated heterocycles. The number of aromatic nitrogens is 3. The molecule has 5 nitrogen and oxygen atoms in total. The number of piperidine rings is 1. The fourth-order valence-corrected chi connectivity index (χ4v) is 3.71. The highest BCUT2D eigenvalue weighted by Gasteiger charge is 2.21. The minimum atomic E-state index is 0.737. The van der Waals surface area contributed by atoms with Gasteiger partial charge in [-0.3, -0.25) is 4.57 Å². The van der Waals surface area contributed by atoms with E-state index in [4.69, 9.17) is 4.74 Å². The molecule has 6 heteroatoms. The molecule has 1 aromatic carbocycles. The number of rotatable bonds is 7. The predicted molar refractivity (Wildman–Crippen MR) is 99.4 cm³/mol. The summed E-state index contributed by atoms with van der Waals surface area (Å²) in [5.41, 5.74) is 2.39. The SMILES string of the molecule is CCOCCSc1nnc(N2CCCCC2)n1-c1ccc(C)cc1. The normalized spacial score (nSPS) is 15.0. The van der Waals surface area contributed by atoms with Crippen molar-refractivity contribution in [3.8, 4) is 5.69 Å². The van der Waals surface area contributed by atoms with Gasteiger partial charge < -0.3 is 9.64 Å². The third kappa shape index (κ3) is 4.11. The molecule has 1 aromatic heterocycles. The molecule has 24 heavy (non-hydrogen) atoms. The fraction of sp³-hybridized carbons (Fsp3) is 0.556. The summed E-state index contributed by atoms with van der Waals surface area (Å²) >= 11 is 1.71. The second-order valence-electron chi connectivity index (χ2n) is 6.05. The Morgan fingerprint density at radius 2 is 1.83 bits per heavy atom. The molecule has 1 aliphatic heterocycles. The van der Waals surface area contributed by atoms with Crippen LogP contribution in [0, 0.1) is 6.92 Å². The number of hydrogen-bond donors (Lipinski definition) is 0. The van der Waals surface area contributed by atoms with E-state index in [2.05, 4.69) is 50.9 Å². The molecule has 0 saturated carbocycles. The van der Waals surface area contributed by atoms with Crippen molar-refractivity contribution in [2.45, 2.75) is 38.3 Å². The Morgan fingerprint density at radius 3 is 2.54 bits per heavy atom. The Balaban J connectivity index is 1.87. The van der Waals surface area contributed by atoms with Crippen LogP contribution in [0.15, 0.2) is 29.4 Å². The van der Waals surface area contributed by atoms with Crippen LogP contribution in [0.2, 0.25) is 0 Å². The van der Waals surface area contributed by atoms with Crippen molar-refractivity contribution in [3.05, 3.63) is 29.8 Å². The lowest BCUT2D eigenvalue weighted by molar-refractivity contribution is 0.164. The van der Waals surface area contributed by atoms with Crippen LogP contribution >= 0.6 is 11.8 Å². The van der Waals surface area contributed by atoms with Crippen LogP contribution in [0.3, 0.4) is 0 Å². The zero-order chi connectivity index (χ0) is 16.8. The van der Waals surface area contributed by atoms with Crippen molar-refractivity contribution in [3.63, 3.8) is 0 Å². The Bertz CT molecular complexity index is 635. The van der Waals surface area contributed by atoms with Crippen LogP contribution in [0.25, 0.3) is 5.69 Å². The molecule has 2 aromatic rings. The van der Waals surface area contributed by atoms with Crippen LogP contribution in [0.4, 0.5) is 5.95 Å². The van der Waals surface area contributed by atoms with E-state index in [1.165, 1.54) is 24.8 Å². The van der Waals surface area contributed by atoms with Gasteiger partial charge in [-0.05, 0) is 45.2 Å². The summed E-state index contributed by atoms with van der Waals surface area (Å²) in [4.78, 5) is 2.36. The average Bonchev–Trinajstić information content (AvgIpc) is 3.04. The lowest BCUT2D eigenvalue weighted by Gasteiger charge is -2.27. The highest BCUT2D eigenvalue weighted by Crippen LogP contribution is 2.28. The minimum absolute atomic E-state index is 0.737. The molecule has 0 atom stereocenters. The summed E-state index contributed by atoms with van der Waals surface area (Å²) in [7, 11) is 0. The zero-order valence-corrected chi connectivity index (χ0v) is 15.4. The van der Waals surface area contributed by atoms with Crippen molar-refractivity contribution in [2.24, 2.45) is 0 Å². The van der Waals surface area contributed by atoms with E-state index >= 15 is 0 Å². The van der Waals surface area contributed by atoms with Crippen molar-refractivity contribution < 1.29 is 4.74 Å². The van der Waals surface area contributed by atoms with Gasteiger partial charge in [-0.2, -0.15) is 0 Å². The molecule has 1 aliphatic rings. The molecule has 0 aliphatic carbocycles. The van der Waals surface area contributed by atoms with Gasteiger partial charge in [-0.15, -0.1) is 10.2 Å². The number of ether oxygens (including phenoxy) is 1. The number of anilines is 1. The van der Waals surface area contributed by atoms with Gasteiger partial charge in [0.1, 0.15) is 0 Å². The molecular formula is C18H26N4OS. The van der Waals surface area contributed by atoms with Gasteiger partial charge in [0.05, 0.1) is 12.3 Å². The van der Waals surface area contributed by atoms with E-state index in [0.717, 1.165) is 48.8 Å². The van der Waals surface area contributed by atoms with E-state index in [1.54, 1.807) is 11.8 Å². The van der Waals surface area contributed by atoms with Gasteiger partial charge in [0.25, 0.3) is 0 Å². The van der Waals surface area contributed by atoms with Gasteiger partial charge in [-0.1, -0.05) is 29.5 Å². The first-order valence-corrected chi connectivity index (χ1v) is 9.76. The summed E-state index contributed by atoms with van der Waals surface area (Å²) in [5, 5.41) is 9.92. The molecule has 0 spiro atoms. The van der Waals surface area contributed by atoms with Crippen LogP contribution in [-0.4, -0.2) is 46.8 Å². The first-order chi connectivity index (χ1) is 11.8. The highest BCUT2D eigenvalue weighted by atomic mass is 32.2. The van der Waals surface area contributed by atoms with Crippen LogP contribution in [0.5, 0.6) is 0 Å². The molecule has 0 bridgehead atoms. The van der Waals surface area contributed by atoms with E-state index in [-0.39, 0.29) is 0 Å². The second kappa shape index (κ2) is 8.53. The van der Waals surface area contributed by atoms with Gasteiger partial charge in [0, 0.05) is 25.4 Å². The average molecular weight is 347 g/mol. The lowest BCUT2D eigenvalue weighted by Crippen LogP contribution is -2.31. The molecule has 3 rings (SSSR count). The summed E-state index contributed by atoms with van der Waals surface area (Å²) in [6.45, 7) is 7.75. The van der Waals surface area contributed by atoms with Gasteiger partial charge in [0.2, 0.25) is 5.95 Å². The largest absolute Gasteiger partial charge is 0.381 e. The van der Waals surface area contributed by atoms with Gasteiger partial charge in [-0.25, -0.2) is 0 Å². The molecule has 130 valence electrons. The van der Waals surface area contributed by atoms with Crippen molar-refractivity contribution in [1.82, 2.24) is 14.8 Å². The third-order valence-corrected chi connectivity index (χ3v) is 5.10. The summed E-state index contributed by atoms with van der Waals surface area (Å²) < 4.78 is 7.65. The van der Waals surface area contributed by atoms with E-state index < -0.39 is 0 Å². The van der Waals surface area contributed by atoms with E-state index in [0.29, 0.717) is 0 Å². The Morgan fingerprint density at radius 1 is 1.08 bits per heavy atom. The number of thioether (sulfide) groups is 1. The molecule has 0 radical (unpaired) electrons. The Labute approximate surface area is 148 Å². The molecule has 0 unspecified atom stereocenters. The molecule has 0 N–H and O–H groups in total. The summed E-state index contributed by atoms with van der Waals surface area (Å²) in [5.74, 6) is 1.86. The minimum Gasteiger partial charge on any atom is -0.381 e. The standard InChI is InChI=1S/C18H26N4OS/c1-3-23-13-14-24-18-20-19-17(21-11-5-4-6-12-21)22(18)16-9-7-15(2)8-10-16/h7-10H,3-6,11-14H2,1-2H3. The van der Waals surface area contributed by atoms with E-state index in [9.17, 15) is 0 Å². The first kappa shape index (κ1) is 17.3. The zero-order valence-electron chi connectivity index (χ0n) is 14.6. The molecule has 0 amide bonds. The summed E-state index contributed by atoms with van der Waals surface area (Å²) in [6.07, 6.45) is 3.77. The first-order valence-electron chi connectivity index (χ1n) is 8.77. The second-order valence-corrected chi connectivity index (χ2v) is 7.11. The van der Waals surface area contributed by atoms with Crippen molar-refractivity contribution in [2.75, 3.05) is 37.0 Å². The van der Waals surface area contributed by atoms with Crippen LogP contribution in [0.1, 0.15) is 31.7 Å². The van der Waals surface area contributed by atoms with Crippen molar-refractivity contribution >= 4 is 17.7 Å². The van der Waals surface area contributed by atoms with Gasteiger partial charge >= 0.3 is 0 Å². The monoisotopic (exact) mass is 346 g/mol. The topological polar surface area (TPSA) is 43.2 Å². The maximum absolute atomic E-state index is 5.45. The van der Waals surface area contributed by atoms with E-state index in [1.807, 2.05) is 6.92 Å². The smallest absolute Gasteiger partial charge is 0.232 e. The highest BCUT2D eigenvalue weighted by molar-refractivity contribution is 7.99. The number of nitrogens with zero attached hydrogens (tertiary/aromatic N) is 4. The molecule has 2 heterocycles. The summed E-state index contributed by atoms with van der Waals surface area (Å²) in [6, 6.07) is 8.59. The molecule has 1 fully saturated rings. The Hall–Kier alpha value is -1.53. The lowest BCUT2D eigenvalue weighted by atomic mass is 10.1. The predicted octanol–water partition coefficient (Wildman–Crippen LogP) is 3.69. The number of aryl methyl sites for hydroxylation is 1. The molecular weight excluding hydrogens is 320 g/mol. The maximum atomic E-state index is 5.45.